The highest BCUT2D eigenvalue weighted by atomic mass is 16.6. The number of hydrogen-bond donors (Lipinski definition) is 1. The first-order valence-corrected chi connectivity index (χ1v) is 5.36. The lowest BCUT2D eigenvalue weighted by molar-refractivity contribution is -0.156. The minimum Gasteiger partial charge on any atom is -0.459 e. The molecule has 17 heavy (non-hydrogen) atoms. The molecule has 0 fully saturated rings. The molecule has 1 aromatic rings. The molecule has 0 saturated carbocycles. The first kappa shape index (κ1) is 13.4. The van der Waals surface area contributed by atoms with E-state index >= 15 is 0 Å². The molecule has 5 heteroatoms. The van der Waals surface area contributed by atoms with Crippen molar-refractivity contribution in [1.29, 1.82) is 0 Å². The molecule has 1 rings (SSSR count). The number of pyridine rings is 1. The maximum Gasteiger partial charge on any atom is 0.328 e. The molecule has 0 unspecified atom stereocenters. The number of nitrogens with zero attached hydrogens (tertiary/aromatic N) is 1. The third-order valence-corrected chi connectivity index (χ3v) is 2.15. The van der Waals surface area contributed by atoms with Gasteiger partial charge in [-0.15, -0.1) is 0 Å². The summed E-state index contributed by atoms with van der Waals surface area (Å²) in [6.07, 6.45) is 1.60. The van der Waals surface area contributed by atoms with Crippen LogP contribution in [-0.2, 0) is 16.6 Å². The minimum absolute atomic E-state index is 0.240. The highest BCUT2D eigenvalue weighted by molar-refractivity contribution is 5.77. The molecule has 94 valence electrons. The molecule has 0 radical (unpaired) electrons. The zero-order chi connectivity index (χ0) is 13.2. The zero-order valence-corrected chi connectivity index (χ0v) is 10.6. The van der Waals surface area contributed by atoms with Crippen LogP contribution in [0.2, 0.25) is 0 Å². The molecule has 0 aliphatic rings. The number of rotatable bonds is 2. The maximum atomic E-state index is 11.8. The summed E-state index contributed by atoms with van der Waals surface area (Å²) >= 11 is 0. The summed E-state index contributed by atoms with van der Waals surface area (Å²) < 4.78 is 6.51. The Hall–Kier alpha value is -1.62. The third-order valence-electron chi connectivity index (χ3n) is 2.15. The van der Waals surface area contributed by atoms with Crippen LogP contribution in [-0.4, -0.2) is 16.1 Å². The van der Waals surface area contributed by atoms with Crippen LogP contribution in [0.4, 0.5) is 0 Å². The van der Waals surface area contributed by atoms with Crippen molar-refractivity contribution in [3.8, 4) is 0 Å². The molecule has 1 heterocycles. The normalized spacial score (nSPS) is 13.2. The second kappa shape index (κ2) is 4.71. The van der Waals surface area contributed by atoms with Gasteiger partial charge >= 0.3 is 5.97 Å². The van der Waals surface area contributed by atoms with Crippen molar-refractivity contribution in [1.82, 2.24) is 4.57 Å². The van der Waals surface area contributed by atoms with Gasteiger partial charge in [0.05, 0.1) is 0 Å². The molecule has 0 saturated heterocycles. The van der Waals surface area contributed by atoms with Crippen molar-refractivity contribution in [3.63, 3.8) is 0 Å². The minimum atomic E-state index is -1.05. The summed E-state index contributed by atoms with van der Waals surface area (Å²) in [6, 6.07) is 2.16. The van der Waals surface area contributed by atoms with Crippen LogP contribution in [0.1, 0.15) is 32.4 Å². The van der Waals surface area contributed by atoms with Gasteiger partial charge in [-0.05, 0) is 32.9 Å². The van der Waals surface area contributed by atoms with Gasteiger partial charge in [-0.3, -0.25) is 4.79 Å². The maximum absolute atomic E-state index is 11.8. The lowest BCUT2D eigenvalue weighted by Crippen LogP contribution is -2.35. The Morgan fingerprint density at radius 1 is 1.47 bits per heavy atom. The van der Waals surface area contributed by atoms with E-state index in [9.17, 15) is 9.59 Å². The van der Waals surface area contributed by atoms with Crippen LogP contribution in [0.25, 0.3) is 0 Å². The number of hydrogen-bond acceptors (Lipinski definition) is 4. The van der Waals surface area contributed by atoms with Gasteiger partial charge in [-0.25, -0.2) is 4.79 Å². The van der Waals surface area contributed by atoms with E-state index in [2.05, 4.69) is 0 Å². The van der Waals surface area contributed by atoms with Crippen LogP contribution in [0.5, 0.6) is 0 Å². The summed E-state index contributed by atoms with van der Waals surface area (Å²) in [7, 11) is 1.60. The summed E-state index contributed by atoms with van der Waals surface area (Å²) in [5.41, 5.74) is 5.07. The first-order chi connectivity index (χ1) is 7.72. The largest absolute Gasteiger partial charge is 0.459 e. The second-order valence-corrected chi connectivity index (χ2v) is 4.89. The van der Waals surface area contributed by atoms with Crippen molar-refractivity contribution in [3.05, 3.63) is 34.2 Å². The van der Waals surface area contributed by atoms with Crippen LogP contribution in [0, 0.1) is 0 Å². The zero-order valence-electron chi connectivity index (χ0n) is 10.6. The fourth-order valence-corrected chi connectivity index (χ4v) is 1.35. The number of nitrogens with two attached hydrogens (primary N) is 1. The quantitative estimate of drug-likeness (QED) is 0.771. The van der Waals surface area contributed by atoms with Gasteiger partial charge in [0.1, 0.15) is 11.6 Å². The molecule has 0 aliphatic heterocycles. The SMILES string of the molecule is Cn1cccc([C@@H](N)C(=O)OC(C)(C)C)c1=O. The third kappa shape index (κ3) is 3.42. The van der Waals surface area contributed by atoms with E-state index in [0.29, 0.717) is 0 Å². The molecule has 0 aliphatic carbocycles. The highest BCUT2D eigenvalue weighted by Crippen LogP contribution is 2.13. The molecule has 1 atom stereocenters. The lowest BCUT2D eigenvalue weighted by Gasteiger charge is -2.22. The Balaban J connectivity index is 2.97. The molecule has 2 N–H and O–H groups in total. The summed E-state index contributed by atoms with van der Waals surface area (Å²) in [5.74, 6) is -0.596. The van der Waals surface area contributed by atoms with E-state index in [-0.39, 0.29) is 11.1 Å². The molecule has 5 nitrogen and oxygen atoms in total. The van der Waals surface area contributed by atoms with Gasteiger partial charge in [0.2, 0.25) is 0 Å². The van der Waals surface area contributed by atoms with Crippen molar-refractivity contribution in [2.24, 2.45) is 12.8 Å². The Morgan fingerprint density at radius 2 is 2.06 bits per heavy atom. The number of aromatic nitrogens is 1. The Labute approximate surface area is 100 Å². The van der Waals surface area contributed by atoms with Crippen molar-refractivity contribution in [2.45, 2.75) is 32.4 Å². The number of carbonyl (C=O) groups excluding carboxylic acids is 1. The Morgan fingerprint density at radius 3 is 2.59 bits per heavy atom. The van der Waals surface area contributed by atoms with Crippen LogP contribution in [0.3, 0.4) is 0 Å². The van der Waals surface area contributed by atoms with Crippen molar-refractivity contribution < 1.29 is 9.53 Å². The molecular formula is C12H18N2O3. The summed E-state index contributed by atoms with van der Waals surface area (Å²) in [4.78, 5) is 23.5. The standard InChI is InChI=1S/C12H18N2O3/c1-12(2,3)17-11(16)9(13)8-6-5-7-14(4)10(8)15/h5-7,9H,13H2,1-4H3/t9-/m1/s1. The summed E-state index contributed by atoms with van der Waals surface area (Å²) in [5, 5.41) is 0. The predicted octanol–water partition coefficient (Wildman–Crippen LogP) is 0.727. The Bertz CT molecular complexity index is 471. The van der Waals surface area contributed by atoms with E-state index in [1.807, 2.05) is 0 Å². The molecule has 0 bridgehead atoms. The molecule has 0 aromatic carbocycles. The van der Waals surface area contributed by atoms with Gasteiger partial charge in [-0.1, -0.05) is 0 Å². The topological polar surface area (TPSA) is 74.3 Å². The predicted molar refractivity (Wildman–Crippen MR) is 64.5 cm³/mol. The van der Waals surface area contributed by atoms with Gasteiger partial charge in [-0.2, -0.15) is 0 Å². The number of carbonyl (C=O) groups is 1. The van der Waals surface area contributed by atoms with E-state index in [1.165, 1.54) is 10.6 Å². The summed E-state index contributed by atoms with van der Waals surface area (Å²) in [6.45, 7) is 5.25. The van der Waals surface area contributed by atoms with E-state index in [0.717, 1.165) is 0 Å². The Kier molecular flexibility index (Phi) is 3.72. The number of aryl methyl sites for hydroxylation is 1. The van der Waals surface area contributed by atoms with Crippen molar-refractivity contribution >= 4 is 5.97 Å². The number of ether oxygens (including phenoxy) is 1. The van der Waals surface area contributed by atoms with Crippen LogP contribution < -0.4 is 11.3 Å². The second-order valence-electron chi connectivity index (χ2n) is 4.89. The van der Waals surface area contributed by atoms with Gasteiger partial charge in [0.25, 0.3) is 5.56 Å². The average molecular weight is 238 g/mol. The first-order valence-electron chi connectivity index (χ1n) is 5.36. The van der Waals surface area contributed by atoms with Gasteiger partial charge < -0.3 is 15.0 Å². The van der Waals surface area contributed by atoms with Gasteiger partial charge in [0.15, 0.2) is 0 Å². The monoisotopic (exact) mass is 238 g/mol. The molecule has 0 amide bonds. The highest BCUT2D eigenvalue weighted by Gasteiger charge is 2.25. The van der Waals surface area contributed by atoms with E-state index in [1.54, 1.807) is 40.1 Å². The van der Waals surface area contributed by atoms with E-state index in [4.69, 9.17) is 10.5 Å². The smallest absolute Gasteiger partial charge is 0.328 e. The van der Waals surface area contributed by atoms with Crippen LogP contribution >= 0.6 is 0 Å². The lowest BCUT2D eigenvalue weighted by atomic mass is 10.1. The van der Waals surface area contributed by atoms with Gasteiger partial charge in [0, 0.05) is 18.8 Å². The fraction of sp³-hybridized carbons (Fsp3) is 0.500. The fourth-order valence-electron chi connectivity index (χ4n) is 1.35. The molecular weight excluding hydrogens is 220 g/mol. The molecule has 1 aromatic heterocycles. The van der Waals surface area contributed by atoms with E-state index < -0.39 is 17.6 Å². The molecule has 0 spiro atoms. The average Bonchev–Trinajstić information content (AvgIpc) is 2.18. The van der Waals surface area contributed by atoms with Crippen LogP contribution in [0.15, 0.2) is 23.1 Å². The van der Waals surface area contributed by atoms with Crippen molar-refractivity contribution in [2.75, 3.05) is 0 Å². The number of esters is 1.